The molecule has 166 valence electrons. The molecule has 1 aliphatic carbocycles. The number of rotatable bonds is 6. The van der Waals surface area contributed by atoms with Gasteiger partial charge >= 0.3 is 6.03 Å². The molecule has 4 rings (SSSR count). The van der Waals surface area contributed by atoms with Gasteiger partial charge in [-0.25, -0.2) is 14.7 Å². The number of amides is 4. The lowest BCUT2D eigenvalue weighted by Crippen LogP contribution is -2.48. The van der Waals surface area contributed by atoms with Crippen molar-refractivity contribution in [2.24, 2.45) is 5.73 Å². The summed E-state index contributed by atoms with van der Waals surface area (Å²) in [6.07, 6.45) is 10.4. The molecule has 0 aromatic carbocycles. The van der Waals surface area contributed by atoms with Crippen LogP contribution in [0.4, 0.5) is 16.2 Å². The third-order valence-electron chi connectivity index (χ3n) is 5.52. The Morgan fingerprint density at radius 3 is 2.81 bits per heavy atom. The average molecular weight is 453 g/mol. The number of hydrogen-bond acceptors (Lipinski definition) is 6. The number of carbonyl (C=O) groups is 3. The van der Waals surface area contributed by atoms with Gasteiger partial charge in [-0.3, -0.25) is 9.59 Å². The van der Waals surface area contributed by atoms with Gasteiger partial charge in [0.25, 0.3) is 5.91 Å². The summed E-state index contributed by atoms with van der Waals surface area (Å²) in [5.41, 5.74) is 7.13. The number of pyridine rings is 1. The molecule has 0 radical (unpaired) electrons. The highest BCUT2D eigenvalue weighted by molar-refractivity contribution is 7.21. The molecule has 5 N–H and O–H groups in total. The average Bonchev–Trinajstić information content (AvgIpc) is 3.37. The molecule has 1 saturated carbocycles. The second-order valence-electron chi connectivity index (χ2n) is 7.53. The molecule has 32 heavy (non-hydrogen) atoms. The number of aromatic nitrogens is 1. The Hall–Kier alpha value is -3.66. The van der Waals surface area contributed by atoms with Crippen molar-refractivity contribution in [1.29, 1.82) is 0 Å². The Morgan fingerprint density at radius 1 is 1.34 bits per heavy atom. The molecule has 2 atom stereocenters. The first-order chi connectivity index (χ1) is 15.4. The third-order valence-corrected chi connectivity index (χ3v) is 6.61. The first kappa shape index (κ1) is 21.6. The van der Waals surface area contributed by atoms with Gasteiger partial charge in [-0.2, -0.15) is 0 Å². The van der Waals surface area contributed by atoms with Crippen LogP contribution >= 0.6 is 11.3 Å². The molecule has 2 unspecified atom stereocenters. The quantitative estimate of drug-likeness (QED) is 0.396. The van der Waals surface area contributed by atoms with Crippen molar-refractivity contribution < 1.29 is 14.4 Å². The van der Waals surface area contributed by atoms with Gasteiger partial charge < -0.3 is 21.7 Å². The normalized spacial score (nSPS) is 20.5. The van der Waals surface area contributed by atoms with Crippen LogP contribution in [0.2, 0.25) is 0 Å². The minimum Gasteiger partial charge on any atom is -0.385 e. The first-order valence-electron chi connectivity index (χ1n) is 10.3. The van der Waals surface area contributed by atoms with E-state index in [9.17, 15) is 14.4 Å². The van der Waals surface area contributed by atoms with Gasteiger partial charge in [-0.15, -0.1) is 11.3 Å². The van der Waals surface area contributed by atoms with E-state index in [2.05, 4.69) is 27.5 Å². The van der Waals surface area contributed by atoms with E-state index >= 15 is 0 Å². The number of allylic oxidation sites excluding steroid dienone is 3. The summed E-state index contributed by atoms with van der Waals surface area (Å²) in [4.78, 5) is 44.5. The highest BCUT2D eigenvalue weighted by atomic mass is 32.1. The van der Waals surface area contributed by atoms with Crippen molar-refractivity contribution in [3.63, 3.8) is 0 Å². The van der Waals surface area contributed by atoms with E-state index in [0.717, 1.165) is 19.3 Å². The van der Waals surface area contributed by atoms with Gasteiger partial charge in [-0.1, -0.05) is 18.7 Å². The molecule has 3 heterocycles. The molecule has 0 saturated heterocycles. The number of nitrogens with two attached hydrogens (primary N) is 1. The van der Waals surface area contributed by atoms with E-state index in [4.69, 9.17) is 5.73 Å². The predicted molar refractivity (Wildman–Crippen MR) is 125 cm³/mol. The Bertz CT molecular complexity index is 1170. The van der Waals surface area contributed by atoms with Crippen molar-refractivity contribution in [2.45, 2.75) is 38.3 Å². The maximum Gasteiger partial charge on any atom is 0.332 e. The molecule has 0 spiro atoms. The summed E-state index contributed by atoms with van der Waals surface area (Å²) in [6, 6.07) is 0.886. The van der Waals surface area contributed by atoms with Gasteiger partial charge in [0, 0.05) is 18.3 Å². The molecular weight excluding hydrogens is 428 g/mol. The zero-order valence-corrected chi connectivity index (χ0v) is 18.4. The Morgan fingerprint density at radius 2 is 2.09 bits per heavy atom. The number of thiophene rings is 1. The lowest BCUT2D eigenvalue weighted by Gasteiger charge is -2.28. The largest absolute Gasteiger partial charge is 0.385 e. The highest BCUT2D eigenvalue weighted by Crippen LogP contribution is 2.44. The standard InChI is InChI=1S/C22H24N6O3S/c1-3-5-9-15(23)28-14-10-11-24-21-17(14)18(27-22(28)31)19(32-21)20(30)26-13-8-6-7-12(13)25-16(29)4-2/h3-5,9-13H,2,6-8,23H2,1H3,(H,25,29)(H,26,30)(H,27,31)/b5-3-,15-9+. The number of nitrogens with zero attached hydrogens (tertiary/aromatic N) is 2. The van der Waals surface area contributed by atoms with Crippen LogP contribution < -0.4 is 26.6 Å². The molecule has 1 aliphatic heterocycles. The number of nitrogens with one attached hydrogen (secondary N) is 3. The molecule has 2 aromatic heterocycles. The van der Waals surface area contributed by atoms with Gasteiger partial charge in [0.1, 0.15) is 15.5 Å². The molecular formula is C22H24N6O3S. The molecule has 1 fully saturated rings. The Kier molecular flexibility index (Phi) is 5.95. The lowest BCUT2D eigenvalue weighted by molar-refractivity contribution is -0.117. The smallest absolute Gasteiger partial charge is 0.332 e. The van der Waals surface area contributed by atoms with Crippen LogP contribution in [0.15, 0.2) is 49.0 Å². The third kappa shape index (κ3) is 3.84. The summed E-state index contributed by atoms with van der Waals surface area (Å²) in [5.74, 6) is -0.328. The number of carbonyl (C=O) groups excluding carboxylic acids is 3. The fraction of sp³-hybridized carbons (Fsp3) is 0.273. The SMILES string of the molecule is C=CC(=O)NC1CCCC1NC(=O)c1sc2nccc3c2c1NC(=O)N3/C(N)=C/C=C\C. The van der Waals surface area contributed by atoms with Crippen LogP contribution in [0, 0.1) is 0 Å². The molecule has 0 bridgehead atoms. The Balaban J connectivity index is 1.66. The minimum atomic E-state index is -0.451. The lowest BCUT2D eigenvalue weighted by atomic mass is 10.1. The van der Waals surface area contributed by atoms with E-state index in [1.807, 2.05) is 13.0 Å². The molecule has 4 amide bonds. The second-order valence-corrected chi connectivity index (χ2v) is 8.53. The van der Waals surface area contributed by atoms with E-state index in [1.165, 1.54) is 22.3 Å². The predicted octanol–water partition coefficient (Wildman–Crippen LogP) is 2.98. The second kappa shape index (κ2) is 8.83. The minimum absolute atomic E-state index is 0.162. The van der Waals surface area contributed by atoms with Crippen LogP contribution in [0.5, 0.6) is 0 Å². The van der Waals surface area contributed by atoms with Gasteiger partial charge in [0.05, 0.1) is 16.8 Å². The van der Waals surface area contributed by atoms with E-state index in [0.29, 0.717) is 26.5 Å². The summed E-state index contributed by atoms with van der Waals surface area (Å²) in [6.45, 7) is 5.33. The first-order valence-corrected chi connectivity index (χ1v) is 11.1. The fourth-order valence-electron chi connectivity index (χ4n) is 4.05. The van der Waals surface area contributed by atoms with Crippen LogP contribution in [0.3, 0.4) is 0 Å². The van der Waals surface area contributed by atoms with E-state index in [1.54, 1.807) is 24.4 Å². The zero-order chi connectivity index (χ0) is 22.8. The van der Waals surface area contributed by atoms with Crippen molar-refractivity contribution in [3.8, 4) is 0 Å². The van der Waals surface area contributed by atoms with E-state index in [-0.39, 0.29) is 29.7 Å². The monoisotopic (exact) mass is 452 g/mol. The summed E-state index contributed by atoms with van der Waals surface area (Å²) in [5, 5.41) is 9.36. The van der Waals surface area contributed by atoms with Gasteiger partial charge in [0.15, 0.2) is 0 Å². The van der Waals surface area contributed by atoms with Gasteiger partial charge in [-0.05, 0) is 44.4 Å². The number of anilines is 2. The molecule has 9 nitrogen and oxygen atoms in total. The van der Waals surface area contributed by atoms with Crippen LogP contribution in [0.25, 0.3) is 10.2 Å². The topological polar surface area (TPSA) is 129 Å². The summed E-state index contributed by atoms with van der Waals surface area (Å²) < 4.78 is 0. The number of hydrogen-bond donors (Lipinski definition) is 4. The summed E-state index contributed by atoms with van der Waals surface area (Å²) in [7, 11) is 0. The highest BCUT2D eigenvalue weighted by Gasteiger charge is 2.35. The van der Waals surface area contributed by atoms with Crippen molar-refractivity contribution in [2.75, 3.05) is 10.2 Å². The maximum atomic E-state index is 13.2. The van der Waals surface area contributed by atoms with Crippen LogP contribution in [-0.2, 0) is 4.79 Å². The van der Waals surface area contributed by atoms with Crippen LogP contribution in [-0.4, -0.2) is 34.9 Å². The summed E-state index contributed by atoms with van der Waals surface area (Å²) >= 11 is 1.21. The zero-order valence-electron chi connectivity index (χ0n) is 17.6. The maximum absolute atomic E-state index is 13.2. The molecule has 2 aliphatic rings. The fourth-order valence-corrected chi connectivity index (χ4v) is 5.07. The van der Waals surface area contributed by atoms with Crippen molar-refractivity contribution >= 4 is 50.8 Å². The van der Waals surface area contributed by atoms with E-state index < -0.39 is 6.03 Å². The van der Waals surface area contributed by atoms with Crippen LogP contribution in [0.1, 0.15) is 35.9 Å². The van der Waals surface area contributed by atoms with Crippen molar-refractivity contribution in [3.05, 3.63) is 53.8 Å². The van der Waals surface area contributed by atoms with Crippen molar-refractivity contribution in [1.82, 2.24) is 15.6 Å². The number of urea groups is 1. The molecule has 2 aromatic rings. The molecule has 10 heteroatoms. The Labute approximate surface area is 189 Å². The van der Waals surface area contributed by atoms with Gasteiger partial charge in [0.2, 0.25) is 5.91 Å².